The molecule has 3 nitrogen and oxygen atoms in total. The molecule has 7 heteroatoms. The number of anilines is 1. The van der Waals surface area contributed by atoms with Crippen LogP contribution in [-0.4, -0.2) is 25.3 Å². The van der Waals surface area contributed by atoms with Crippen molar-refractivity contribution in [3.8, 4) is 0 Å². The molecule has 1 aromatic rings. The molecular formula is C10H9BrF3NO2. The molecule has 0 aliphatic rings. The van der Waals surface area contributed by atoms with Crippen LogP contribution in [0.2, 0.25) is 0 Å². The molecule has 0 unspecified atom stereocenters. The predicted molar refractivity (Wildman–Crippen MR) is 59.6 cm³/mol. The molecule has 0 fully saturated rings. The molecule has 0 heterocycles. The Morgan fingerprint density at radius 1 is 1.29 bits per heavy atom. The maximum atomic E-state index is 11.7. The number of nitrogens with one attached hydrogen (secondary N) is 1. The van der Waals surface area contributed by atoms with E-state index in [4.69, 9.17) is 0 Å². The highest BCUT2D eigenvalue weighted by Gasteiger charge is 2.27. The van der Waals surface area contributed by atoms with Crippen molar-refractivity contribution < 1.29 is 22.7 Å². The third kappa shape index (κ3) is 6.28. The van der Waals surface area contributed by atoms with Gasteiger partial charge in [0.1, 0.15) is 13.2 Å². The quantitative estimate of drug-likeness (QED) is 0.928. The van der Waals surface area contributed by atoms with Crippen LogP contribution in [0.5, 0.6) is 0 Å². The van der Waals surface area contributed by atoms with Gasteiger partial charge in [-0.05, 0) is 24.3 Å². The van der Waals surface area contributed by atoms with Gasteiger partial charge in [0.25, 0.3) is 0 Å². The number of ether oxygens (including phenoxy) is 1. The third-order valence-corrected chi connectivity index (χ3v) is 2.16. The number of hydrogen-bond donors (Lipinski definition) is 1. The summed E-state index contributed by atoms with van der Waals surface area (Å²) in [5.41, 5.74) is 0.494. The number of rotatable bonds is 4. The Bertz CT molecular complexity index is 378. The van der Waals surface area contributed by atoms with Crippen LogP contribution >= 0.6 is 15.9 Å². The van der Waals surface area contributed by atoms with E-state index in [0.29, 0.717) is 5.69 Å². The number of carbonyl (C=O) groups is 1. The van der Waals surface area contributed by atoms with E-state index in [9.17, 15) is 18.0 Å². The van der Waals surface area contributed by atoms with Crippen molar-refractivity contribution in [3.63, 3.8) is 0 Å². The first-order valence-electron chi connectivity index (χ1n) is 4.57. The molecule has 0 spiro atoms. The molecule has 1 amide bonds. The van der Waals surface area contributed by atoms with Gasteiger partial charge in [0.05, 0.1) is 0 Å². The third-order valence-electron chi connectivity index (χ3n) is 1.63. The monoisotopic (exact) mass is 311 g/mol. The number of halogens is 4. The van der Waals surface area contributed by atoms with Crippen LogP contribution in [-0.2, 0) is 9.53 Å². The van der Waals surface area contributed by atoms with Crippen LogP contribution < -0.4 is 5.32 Å². The lowest BCUT2D eigenvalue weighted by Gasteiger charge is -2.08. The van der Waals surface area contributed by atoms with Gasteiger partial charge < -0.3 is 10.1 Å². The summed E-state index contributed by atoms with van der Waals surface area (Å²) in [5.74, 6) is -0.628. The zero-order valence-electron chi connectivity index (χ0n) is 8.55. The van der Waals surface area contributed by atoms with E-state index in [-0.39, 0.29) is 0 Å². The van der Waals surface area contributed by atoms with Crippen LogP contribution in [0.4, 0.5) is 18.9 Å². The van der Waals surface area contributed by atoms with Crippen molar-refractivity contribution in [1.29, 1.82) is 0 Å². The number of carbonyl (C=O) groups excluding carboxylic acids is 1. The number of alkyl halides is 3. The first-order chi connectivity index (χ1) is 7.87. The molecule has 0 aromatic heterocycles. The SMILES string of the molecule is O=C(COCC(F)(F)F)Nc1ccc(Br)cc1. The molecule has 1 N–H and O–H groups in total. The average molecular weight is 312 g/mol. The Morgan fingerprint density at radius 2 is 1.88 bits per heavy atom. The van der Waals surface area contributed by atoms with Gasteiger partial charge in [-0.25, -0.2) is 0 Å². The fraction of sp³-hybridized carbons (Fsp3) is 0.300. The predicted octanol–water partition coefficient (Wildman–Crippen LogP) is 2.97. The standard InChI is InChI=1S/C10H9BrF3NO2/c11-7-1-3-8(4-2-7)15-9(16)5-17-6-10(12,13)14/h1-4H,5-6H2,(H,15,16). The molecule has 0 atom stereocenters. The maximum absolute atomic E-state index is 11.7. The Labute approximate surface area is 104 Å². The van der Waals surface area contributed by atoms with Crippen molar-refractivity contribution in [2.45, 2.75) is 6.18 Å². The second-order valence-corrected chi connectivity index (χ2v) is 4.08. The number of benzene rings is 1. The molecule has 0 saturated heterocycles. The molecule has 1 aromatic carbocycles. The second-order valence-electron chi connectivity index (χ2n) is 3.16. The van der Waals surface area contributed by atoms with Gasteiger partial charge in [-0.15, -0.1) is 0 Å². The summed E-state index contributed by atoms with van der Waals surface area (Å²) >= 11 is 3.21. The van der Waals surface area contributed by atoms with Gasteiger partial charge >= 0.3 is 6.18 Å². The van der Waals surface area contributed by atoms with Gasteiger partial charge in [-0.3, -0.25) is 4.79 Å². The van der Waals surface area contributed by atoms with Crippen LogP contribution in [0.1, 0.15) is 0 Å². The Hall–Kier alpha value is -1.08. The minimum atomic E-state index is -4.42. The first kappa shape index (κ1) is 14.0. The van der Waals surface area contributed by atoms with Crippen molar-refractivity contribution >= 4 is 27.5 Å². The Balaban J connectivity index is 2.32. The van der Waals surface area contributed by atoms with E-state index in [1.165, 1.54) is 0 Å². The van der Waals surface area contributed by atoms with Crippen LogP contribution in [0.3, 0.4) is 0 Å². The lowest BCUT2D eigenvalue weighted by Crippen LogP contribution is -2.23. The molecule has 0 aliphatic heterocycles. The van der Waals surface area contributed by atoms with E-state index in [2.05, 4.69) is 26.0 Å². The fourth-order valence-corrected chi connectivity index (χ4v) is 1.25. The summed E-state index contributed by atoms with van der Waals surface area (Å²) in [6.45, 7) is -2.06. The summed E-state index contributed by atoms with van der Waals surface area (Å²) in [6, 6.07) is 6.63. The molecule has 17 heavy (non-hydrogen) atoms. The van der Waals surface area contributed by atoms with E-state index in [0.717, 1.165) is 4.47 Å². The van der Waals surface area contributed by atoms with Crippen molar-refractivity contribution in [3.05, 3.63) is 28.7 Å². The molecule has 0 saturated carbocycles. The van der Waals surface area contributed by atoms with Crippen molar-refractivity contribution in [1.82, 2.24) is 0 Å². The summed E-state index contributed by atoms with van der Waals surface area (Å²) in [6.07, 6.45) is -4.42. The molecule has 0 radical (unpaired) electrons. The Kier molecular flexibility index (Phi) is 4.95. The molecule has 0 aliphatic carbocycles. The summed E-state index contributed by atoms with van der Waals surface area (Å²) < 4.78 is 40.2. The smallest absolute Gasteiger partial charge is 0.362 e. The summed E-state index contributed by atoms with van der Waals surface area (Å²) in [7, 11) is 0. The van der Waals surface area contributed by atoms with Crippen molar-refractivity contribution in [2.24, 2.45) is 0 Å². The van der Waals surface area contributed by atoms with Crippen molar-refractivity contribution in [2.75, 3.05) is 18.5 Å². The summed E-state index contributed by atoms with van der Waals surface area (Å²) in [4.78, 5) is 11.2. The highest BCUT2D eigenvalue weighted by atomic mass is 79.9. The van der Waals surface area contributed by atoms with Crippen LogP contribution in [0.15, 0.2) is 28.7 Å². The van der Waals surface area contributed by atoms with Crippen LogP contribution in [0, 0.1) is 0 Å². The lowest BCUT2D eigenvalue weighted by molar-refractivity contribution is -0.174. The first-order valence-corrected chi connectivity index (χ1v) is 5.36. The lowest BCUT2D eigenvalue weighted by atomic mass is 10.3. The largest absolute Gasteiger partial charge is 0.411 e. The van der Waals surface area contributed by atoms with Gasteiger partial charge in [-0.1, -0.05) is 15.9 Å². The zero-order chi connectivity index (χ0) is 12.9. The van der Waals surface area contributed by atoms with Gasteiger partial charge in [-0.2, -0.15) is 13.2 Å². The minimum absolute atomic E-state index is 0.494. The normalized spacial score (nSPS) is 11.3. The fourth-order valence-electron chi connectivity index (χ4n) is 0.990. The minimum Gasteiger partial charge on any atom is -0.362 e. The van der Waals surface area contributed by atoms with Crippen LogP contribution in [0.25, 0.3) is 0 Å². The highest BCUT2D eigenvalue weighted by molar-refractivity contribution is 9.10. The van der Waals surface area contributed by atoms with E-state index in [1.807, 2.05) is 0 Å². The summed E-state index contributed by atoms with van der Waals surface area (Å²) in [5, 5.41) is 2.40. The zero-order valence-corrected chi connectivity index (χ0v) is 10.1. The molecule has 0 bridgehead atoms. The van der Waals surface area contributed by atoms with Gasteiger partial charge in [0.15, 0.2) is 0 Å². The molecule has 94 valence electrons. The van der Waals surface area contributed by atoms with E-state index in [1.54, 1.807) is 24.3 Å². The number of amides is 1. The molecular weight excluding hydrogens is 303 g/mol. The second kappa shape index (κ2) is 6.02. The Morgan fingerprint density at radius 3 is 2.41 bits per heavy atom. The molecule has 1 rings (SSSR count). The topological polar surface area (TPSA) is 38.3 Å². The average Bonchev–Trinajstić information content (AvgIpc) is 2.19. The van der Waals surface area contributed by atoms with E-state index < -0.39 is 25.3 Å². The number of hydrogen-bond acceptors (Lipinski definition) is 2. The van der Waals surface area contributed by atoms with Gasteiger partial charge in [0, 0.05) is 10.2 Å². The highest BCUT2D eigenvalue weighted by Crippen LogP contribution is 2.15. The van der Waals surface area contributed by atoms with E-state index >= 15 is 0 Å². The van der Waals surface area contributed by atoms with Gasteiger partial charge in [0.2, 0.25) is 5.91 Å². The maximum Gasteiger partial charge on any atom is 0.411 e.